The van der Waals surface area contributed by atoms with Gasteiger partial charge in [0, 0.05) is 6.42 Å². The molecule has 1 aromatic carbocycles. The maximum absolute atomic E-state index is 11.6. The predicted octanol–water partition coefficient (Wildman–Crippen LogP) is 2.35. The topological polar surface area (TPSA) is 42.9 Å². The molecule has 15 heavy (non-hydrogen) atoms. The van der Waals surface area contributed by atoms with Gasteiger partial charge in [0.1, 0.15) is 5.69 Å². The number of carbonyl (C=O) groups is 1. The molecule has 0 amide bonds. The number of aromatic nitrogens is 2. The van der Waals surface area contributed by atoms with Crippen LogP contribution in [0.5, 0.6) is 0 Å². The van der Waals surface area contributed by atoms with Gasteiger partial charge in [-0.25, -0.2) is 0 Å². The van der Waals surface area contributed by atoms with Crippen LogP contribution in [-0.2, 0) is 6.42 Å². The Morgan fingerprint density at radius 1 is 1.27 bits per heavy atom. The van der Waals surface area contributed by atoms with Crippen LogP contribution in [0, 0.1) is 0 Å². The van der Waals surface area contributed by atoms with Gasteiger partial charge in [-0.2, -0.15) is 8.75 Å². The molecule has 4 heteroatoms. The van der Waals surface area contributed by atoms with Gasteiger partial charge in [0.2, 0.25) is 0 Å². The third-order valence-electron chi connectivity index (χ3n) is 2.13. The summed E-state index contributed by atoms with van der Waals surface area (Å²) in [6, 6.07) is 9.96. The highest BCUT2D eigenvalue weighted by Gasteiger charge is 2.08. The highest BCUT2D eigenvalue weighted by Crippen LogP contribution is 2.06. The fraction of sp³-hybridized carbons (Fsp3) is 0.182. The Hall–Kier alpha value is -1.55. The Labute approximate surface area is 92.1 Å². The van der Waals surface area contributed by atoms with Gasteiger partial charge in [0.05, 0.1) is 17.9 Å². The molecule has 1 heterocycles. The predicted molar refractivity (Wildman–Crippen MR) is 59.0 cm³/mol. The molecule has 0 aliphatic carbocycles. The van der Waals surface area contributed by atoms with E-state index < -0.39 is 0 Å². The fourth-order valence-electron chi connectivity index (χ4n) is 1.32. The zero-order chi connectivity index (χ0) is 10.5. The first-order chi connectivity index (χ1) is 7.36. The lowest BCUT2D eigenvalue weighted by Gasteiger charge is -1.98. The van der Waals surface area contributed by atoms with Crippen LogP contribution in [0.3, 0.4) is 0 Å². The number of hydrogen-bond acceptors (Lipinski definition) is 4. The second-order valence-corrected chi connectivity index (χ2v) is 3.76. The minimum absolute atomic E-state index is 0.0626. The second-order valence-electron chi connectivity index (χ2n) is 3.20. The van der Waals surface area contributed by atoms with Crippen LogP contribution in [0.25, 0.3) is 0 Å². The number of nitrogens with zero attached hydrogens (tertiary/aromatic N) is 2. The van der Waals surface area contributed by atoms with Crippen molar-refractivity contribution in [1.82, 2.24) is 8.75 Å². The molecule has 1 aromatic heterocycles. The van der Waals surface area contributed by atoms with E-state index in [0.717, 1.165) is 18.1 Å². The average Bonchev–Trinajstić information content (AvgIpc) is 2.81. The van der Waals surface area contributed by atoms with Crippen molar-refractivity contribution in [3.05, 3.63) is 47.8 Å². The molecular weight excluding hydrogens is 208 g/mol. The molecule has 0 atom stereocenters. The molecule has 0 saturated heterocycles. The third-order valence-corrected chi connectivity index (χ3v) is 2.61. The summed E-state index contributed by atoms with van der Waals surface area (Å²) in [5, 5.41) is 0. The van der Waals surface area contributed by atoms with Crippen LogP contribution >= 0.6 is 11.7 Å². The maximum atomic E-state index is 11.6. The summed E-state index contributed by atoms with van der Waals surface area (Å²) in [5.74, 6) is 0.0626. The highest BCUT2D eigenvalue weighted by atomic mass is 32.1. The number of hydrogen-bond donors (Lipinski definition) is 0. The van der Waals surface area contributed by atoms with Gasteiger partial charge in [-0.05, 0) is 12.0 Å². The first kappa shape index (κ1) is 9.98. The Morgan fingerprint density at radius 2 is 2.07 bits per heavy atom. The van der Waals surface area contributed by atoms with E-state index in [1.165, 1.54) is 11.8 Å². The molecule has 2 aromatic rings. The molecule has 0 saturated carbocycles. The van der Waals surface area contributed by atoms with E-state index in [2.05, 4.69) is 8.75 Å². The summed E-state index contributed by atoms with van der Waals surface area (Å²) in [7, 11) is 0. The number of Topliss-reactive ketones (excluding diaryl/α,β-unsaturated/α-hetero) is 1. The van der Waals surface area contributed by atoms with Gasteiger partial charge in [-0.3, -0.25) is 4.79 Å². The number of benzene rings is 1. The van der Waals surface area contributed by atoms with Crippen LogP contribution in [0.1, 0.15) is 22.5 Å². The molecular formula is C11H10N2OS. The zero-order valence-corrected chi connectivity index (χ0v) is 8.91. The summed E-state index contributed by atoms with van der Waals surface area (Å²) >= 11 is 1.07. The van der Waals surface area contributed by atoms with Gasteiger partial charge in [0.25, 0.3) is 0 Å². The van der Waals surface area contributed by atoms with Gasteiger partial charge in [-0.15, -0.1) is 0 Å². The number of aryl methyl sites for hydroxylation is 1. The van der Waals surface area contributed by atoms with Crippen LogP contribution in [0.4, 0.5) is 0 Å². The van der Waals surface area contributed by atoms with Crippen molar-refractivity contribution in [3.8, 4) is 0 Å². The van der Waals surface area contributed by atoms with E-state index in [1.54, 1.807) is 0 Å². The van der Waals surface area contributed by atoms with Crippen molar-refractivity contribution in [1.29, 1.82) is 0 Å². The van der Waals surface area contributed by atoms with Crippen molar-refractivity contribution in [2.45, 2.75) is 12.8 Å². The monoisotopic (exact) mass is 218 g/mol. The van der Waals surface area contributed by atoms with Gasteiger partial charge >= 0.3 is 0 Å². The normalized spacial score (nSPS) is 10.1. The van der Waals surface area contributed by atoms with Crippen molar-refractivity contribution < 1.29 is 4.79 Å². The van der Waals surface area contributed by atoms with Crippen molar-refractivity contribution in [3.63, 3.8) is 0 Å². The minimum atomic E-state index is 0.0626. The highest BCUT2D eigenvalue weighted by molar-refractivity contribution is 6.99. The van der Waals surface area contributed by atoms with E-state index in [0.29, 0.717) is 12.1 Å². The molecule has 0 unspecified atom stereocenters. The van der Waals surface area contributed by atoms with E-state index >= 15 is 0 Å². The first-order valence-corrected chi connectivity index (χ1v) is 5.44. The minimum Gasteiger partial charge on any atom is -0.292 e. The Morgan fingerprint density at radius 3 is 2.73 bits per heavy atom. The van der Waals surface area contributed by atoms with Crippen LogP contribution in [0.15, 0.2) is 36.5 Å². The largest absolute Gasteiger partial charge is 0.292 e. The third kappa shape index (κ3) is 2.70. The Bertz CT molecular complexity index is 425. The van der Waals surface area contributed by atoms with Crippen molar-refractivity contribution in [2.75, 3.05) is 0 Å². The van der Waals surface area contributed by atoms with Crippen LogP contribution in [0.2, 0.25) is 0 Å². The van der Waals surface area contributed by atoms with Gasteiger partial charge in [0.15, 0.2) is 5.78 Å². The fourth-order valence-corrected chi connectivity index (χ4v) is 1.75. The number of ketones is 1. The summed E-state index contributed by atoms with van der Waals surface area (Å²) in [5.41, 5.74) is 1.66. The zero-order valence-electron chi connectivity index (χ0n) is 8.09. The quantitative estimate of drug-likeness (QED) is 0.740. The van der Waals surface area contributed by atoms with Crippen LogP contribution in [-0.4, -0.2) is 14.5 Å². The van der Waals surface area contributed by atoms with Crippen molar-refractivity contribution in [2.24, 2.45) is 0 Å². The van der Waals surface area contributed by atoms with Crippen molar-refractivity contribution >= 4 is 17.5 Å². The SMILES string of the molecule is O=C(CCc1ccccc1)c1cnsn1. The summed E-state index contributed by atoms with van der Waals surface area (Å²) in [6.07, 6.45) is 2.78. The van der Waals surface area contributed by atoms with E-state index in [1.807, 2.05) is 30.3 Å². The number of carbonyl (C=O) groups excluding carboxylic acids is 1. The van der Waals surface area contributed by atoms with Crippen LogP contribution < -0.4 is 0 Å². The number of rotatable bonds is 4. The molecule has 0 bridgehead atoms. The van der Waals surface area contributed by atoms with Gasteiger partial charge in [-0.1, -0.05) is 30.3 Å². The smallest absolute Gasteiger partial charge is 0.184 e. The van der Waals surface area contributed by atoms with E-state index in [4.69, 9.17) is 0 Å². The molecule has 0 spiro atoms. The van der Waals surface area contributed by atoms with Gasteiger partial charge < -0.3 is 0 Å². The van der Waals surface area contributed by atoms with E-state index in [-0.39, 0.29) is 5.78 Å². The molecule has 0 aliphatic rings. The second kappa shape index (κ2) is 4.79. The molecule has 0 fully saturated rings. The first-order valence-electron chi connectivity index (χ1n) is 4.71. The Kier molecular flexibility index (Phi) is 3.19. The Balaban J connectivity index is 1.92. The molecule has 3 nitrogen and oxygen atoms in total. The summed E-state index contributed by atoms with van der Waals surface area (Å²) < 4.78 is 7.72. The lowest BCUT2D eigenvalue weighted by molar-refractivity contribution is 0.0979. The molecule has 76 valence electrons. The lowest BCUT2D eigenvalue weighted by Crippen LogP contribution is -2.01. The molecule has 0 N–H and O–H groups in total. The summed E-state index contributed by atoms with van der Waals surface area (Å²) in [6.45, 7) is 0. The molecule has 0 radical (unpaired) electrons. The standard InChI is InChI=1S/C11H10N2OS/c14-11(10-8-12-15-13-10)7-6-9-4-2-1-3-5-9/h1-5,8H,6-7H2. The molecule has 0 aliphatic heterocycles. The summed E-state index contributed by atoms with van der Waals surface area (Å²) in [4.78, 5) is 11.6. The van der Waals surface area contributed by atoms with E-state index in [9.17, 15) is 4.79 Å². The average molecular weight is 218 g/mol. The lowest BCUT2D eigenvalue weighted by atomic mass is 10.1. The molecule has 2 rings (SSSR count). The maximum Gasteiger partial charge on any atom is 0.184 e.